The van der Waals surface area contributed by atoms with Gasteiger partial charge in [-0.2, -0.15) is 0 Å². The van der Waals surface area contributed by atoms with Crippen LogP contribution in [-0.2, 0) is 16.8 Å². The molecule has 0 unspecified atom stereocenters. The summed E-state index contributed by atoms with van der Waals surface area (Å²) < 4.78 is 0. The third-order valence-corrected chi connectivity index (χ3v) is 4.63. The van der Waals surface area contributed by atoms with Crippen LogP contribution in [0.2, 0.25) is 0 Å². The van der Waals surface area contributed by atoms with Gasteiger partial charge in [0.25, 0.3) is 0 Å². The van der Waals surface area contributed by atoms with Gasteiger partial charge in [-0.3, -0.25) is 4.79 Å². The van der Waals surface area contributed by atoms with Crippen molar-refractivity contribution in [3.63, 3.8) is 0 Å². The van der Waals surface area contributed by atoms with E-state index in [9.17, 15) is 4.79 Å². The first-order valence-corrected chi connectivity index (χ1v) is 7.47. The molecule has 20 heavy (non-hydrogen) atoms. The molecule has 1 amide bonds. The van der Waals surface area contributed by atoms with E-state index in [1.54, 1.807) is 11.3 Å². The maximum absolute atomic E-state index is 12.4. The number of carbonyl (C=O) groups is 1. The first-order valence-electron chi connectivity index (χ1n) is 6.66. The minimum absolute atomic E-state index is 0.0927. The number of hydrogen-bond acceptors (Lipinski definition) is 4. The van der Waals surface area contributed by atoms with Crippen molar-refractivity contribution in [2.24, 2.45) is 0 Å². The smallest absolute Gasteiger partial charge is 0.231 e. The number of aromatic nitrogens is 1. The summed E-state index contributed by atoms with van der Waals surface area (Å²) in [5.41, 5.74) is 7.13. The molecule has 1 saturated carbocycles. The second-order valence-electron chi connectivity index (χ2n) is 5.25. The largest absolute Gasteiger partial charge is 0.399 e. The Hall–Kier alpha value is -1.88. The summed E-state index contributed by atoms with van der Waals surface area (Å²) in [4.78, 5) is 17.9. The lowest BCUT2D eigenvalue weighted by Gasteiger charge is -2.15. The molecule has 3 rings (SSSR count). The molecule has 2 aromatic rings. The van der Waals surface area contributed by atoms with Gasteiger partial charge in [-0.05, 0) is 37.5 Å². The number of nitrogens with two attached hydrogens (primary N) is 1. The Morgan fingerprint density at radius 1 is 1.40 bits per heavy atom. The van der Waals surface area contributed by atoms with Crippen molar-refractivity contribution >= 4 is 22.9 Å². The second-order valence-corrected chi connectivity index (χ2v) is 6.57. The van der Waals surface area contributed by atoms with Crippen molar-refractivity contribution in [2.45, 2.75) is 31.7 Å². The van der Waals surface area contributed by atoms with Crippen LogP contribution in [-0.4, -0.2) is 10.9 Å². The van der Waals surface area contributed by atoms with E-state index in [0.29, 0.717) is 6.54 Å². The minimum atomic E-state index is -0.347. The van der Waals surface area contributed by atoms with Gasteiger partial charge in [0.05, 0.1) is 12.0 Å². The van der Waals surface area contributed by atoms with Gasteiger partial charge in [0, 0.05) is 16.8 Å². The van der Waals surface area contributed by atoms with Crippen LogP contribution in [0.3, 0.4) is 0 Å². The normalized spacial score (nSPS) is 15.8. The Kier molecular flexibility index (Phi) is 3.22. The molecule has 1 heterocycles. The highest BCUT2D eigenvalue weighted by Gasteiger charge is 2.51. The average Bonchev–Trinajstić information content (AvgIpc) is 3.15. The zero-order valence-electron chi connectivity index (χ0n) is 11.3. The van der Waals surface area contributed by atoms with Crippen LogP contribution in [0.4, 0.5) is 5.69 Å². The van der Waals surface area contributed by atoms with Crippen molar-refractivity contribution in [3.8, 4) is 0 Å². The van der Waals surface area contributed by atoms with E-state index in [-0.39, 0.29) is 11.3 Å². The van der Waals surface area contributed by atoms with Crippen LogP contribution in [0.5, 0.6) is 0 Å². The van der Waals surface area contributed by atoms with Crippen LogP contribution in [0.15, 0.2) is 30.5 Å². The SMILES string of the molecule is Cc1cnc(CNC(=O)C2(c3ccc(N)cc3)CC2)s1. The first-order chi connectivity index (χ1) is 9.60. The van der Waals surface area contributed by atoms with Crippen LogP contribution >= 0.6 is 11.3 Å². The number of anilines is 1. The summed E-state index contributed by atoms with van der Waals surface area (Å²) in [6.45, 7) is 2.52. The van der Waals surface area contributed by atoms with E-state index in [1.165, 1.54) is 0 Å². The number of nitrogens with one attached hydrogen (secondary N) is 1. The summed E-state index contributed by atoms with van der Waals surface area (Å²) in [7, 11) is 0. The van der Waals surface area contributed by atoms with Crippen LogP contribution < -0.4 is 11.1 Å². The molecule has 1 aromatic carbocycles. The average molecular weight is 287 g/mol. The van der Waals surface area contributed by atoms with Gasteiger partial charge < -0.3 is 11.1 Å². The minimum Gasteiger partial charge on any atom is -0.399 e. The Morgan fingerprint density at radius 2 is 2.10 bits per heavy atom. The molecule has 0 saturated heterocycles. The van der Waals surface area contributed by atoms with E-state index in [1.807, 2.05) is 37.4 Å². The van der Waals surface area contributed by atoms with Gasteiger partial charge in [0.2, 0.25) is 5.91 Å². The molecular weight excluding hydrogens is 270 g/mol. The van der Waals surface area contributed by atoms with Gasteiger partial charge in [-0.15, -0.1) is 11.3 Å². The molecule has 1 aromatic heterocycles. The number of thiazole rings is 1. The van der Waals surface area contributed by atoms with Crippen molar-refractivity contribution in [2.75, 3.05) is 5.73 Å². The van der Waals surface area contributed by atoms with E-state index in [0.717, 1.165) is 34.0 Å². The van der Waals surface area contributed by atoms with Gasteiger partial charge in [0.15, 0.2) is 0 Å². The van der Waals surface area contributed by atoms with Crippen LogP contribution in [0.25, 0.3) is 0 Å². The number of benzene rings is 1. The standard InChI is InChI=1S/C15H17N3OS/c1-10-8-17-13(20-10)9-18-14(19)15(6-7-15)11-2-4-12(16)5-3-11/h2-5,8H,6-7,9,16H2,1H3,(H,18,19). The molecule has 1 aliphatic carbocycles. The van der Waals surface area contributed by atoms with Gasteiger partial charge in [-0.25, -0.2) is 4.98 Å². The number of amides is 1. The molecule has 1 fully saturated rings. The Balaban J connectivity index is 1.68. The van der Waals surface area contributed by atoms with Gasteiger partial charge >= 0.3 is 0 Å². The lowest BCUT2D eigenvalue weighted by atomic mass is 9.95. The Morgan fingerprint density at radius 3 is 2.65 bits per heavy atom. The number of hydrogen-bond donors (Lipinski definition) is 2. The van der Waals surface area contributed by atoms with E-state index < -0.39 is 0 Å². The number of carbonyl (C=O) groups excluding carboxylic acids is 1. The highest BCUT2D eigenvalue weighted by Crippen LogP contribution is 2.48. The fourth-order valence-corrected chi connectivity index (χ4v) is 3.11. The molecule has 0 atom stereocenters. The quantitative estimate of drug-likeness (QED) is 0.848. The van der Waals surface area contributed by atoms with E-state index in [2.05, 4.69) is 10.3 Å². The molecule has 0 aliphatic heterocycles. The maximum Gasteiger partial charge on any atom is 0.231 e. The predicted molar refractivity (Wildman–Crippen MR) is 80.5 cm³/mol. The van der Waals surface area contributed by atoms with Gasteiger partial charge in [0.1, 0.15) is 5.01 Å². The number of nitrogen functional groups attached to an aromatic ring is 1. The molecule has 3 N–H and O–H groups in total. The van der Waals surface area contributed by atoms with Crippen molar-refractivity contribution in [1.29, 1.82) is 0 Å². The zero-order valence-corrected chi connectivity index (χ0v) is 12.2. The molecule has 1 aliphatic rings. The molecule has 0 radical (unpaired) electrons. The predicted octanol–water partition coefficient (Wildman–Crippen LogP) is 2.38. The topological polar surface area (TPSA) is 68.0 Å². The third kappa shape index (κ3) is 2.41. The number of aryl methyl sites for hydroxylation is 1. The highest BCUT2D eigenvalue weighted by atomic mass is 32.1. The molecular formula is C15H17N3OS. The Labute approximate surface area is 122 Å². The first kappa shape index (κ1) is 13.1. The molecule has 4 nitrogen and oxygen atoms in total. The summed E-state index contributed by atoms with van der Waals surface area (Å²) in [5, 5.41) is 3.95. The summed E-state index contributed by atoms with van der Waals surface area (Å²) in [6.07, 6.45) is 3.64. The fourth-order valence-electron chi connectivity index (χ4n) is 2.38. The molecule has 104 valence electrons. The number of rotatable bonds is 4. The Bertz CT molecular complexity index is 629. The zero-order chi connectivity index (χ0) is 14.2. The highest BCUT2D eigenvalue weighted by molar-refractivity contribution is 7.11. The van der Waals surface area contributed by atoms with Crippen molar-refractivity contribution in [3.05, 3.63) is 45.9 Å². The second kappa shape index (κ2) is 4.90. The van der Waals surface area contributed by atoms with Crippen LogP contribution in [0.1, 0.15) is 28.3 Å². The lowest BCUT2D eigenvalue weighted by Crippen LogP contribution is -2.34. The van der Waals surface area contributed by atoms with Gasteiger partial charge in [-0.1, -0.05) is 12.1 Å². The maximum atomic E-state index is 12.4. The molecule has 0 spiro atoms. The van der Waals surface area contributed by atoms with E-state index >= 15 is 0 Å². The van der Waals surface area contributed by atoms with Crippen molar-refractivity contribution in [1.82, 2.24) is 10.3 Å². The van der Waals surface area contributed by atoms with Crippen molar-refractivity contribution < 1.29 is 4.79 Å². The molecule has 0 bridgehead atoms. The summed E-state index contributed by atoms with van der Waals surface area (Å²) >= 11 is 1.62. The lowest BCUT2D eigenvalue weighted by molar-refractivity contribution is -0.123. The van der Waals surface area contributed by atoms with Crippen LogP contribution in [0, 0.1) is 6.92 Å². The number of nitrogens with zero attached hydrogens (tertiary/aromatic N) is 1. The monoisotopic (exact) mass is 287 g/mol. The third-order valence-electron chi connectivity index (χ3n) is 3.72. The fraction of sp³-hybridized carbons (Fsp3) is 0.333. The van der Waals surface area contributed by atoms with E-state index in [4.69, 9.17) is 5.73 Å². The molecule has 5 heteroatoms. The summed E-state index contributed by atoms with van der Waals surface area (Å²) in [5.74, 6) is 0.0927. The summed E-state index contributed by atoms with van der Waals surface area (Å²) in [6, 6.07) is 7.62.